The Morgan fingerprint density at radius 2 is 2.17 bits per heavy atom. The molecular formula is C15H19N3. The van der Waals surface area contributed by atoms with Crippen LogP contribution in [0.25, 0.3) is 16.5 Å². The Hall–Kier alpha value is -1.77. The third kappa shape index (κ3) is 1.90. The molecule has 0 atom stereocenters. The highest BCUT2D eigenvalue weighted by molar-refractivity contribution is 5.91. The minimum atomic E-state index is 0.447. The maximum absolute atomic E-state index is 5.86. The fourth-order valence-corrected chi connectivity index (χ4v) is 2.57. The number of H-pyrrole nitrogens is 1. The first-order valence-corrected chi connectivity index (χ1v) is 6.48. The van der Waals surface area contributed by atoms with E-state index in [9.17, 15) is 0 Å². The Morgan fingerprint density at radius 1 is 1.33 bits per heavy atom. The molecule has 1 aromatic heterocycles. The number of nitrogens with zero attached hydrogens (tertiary/aromatic N) is 1. The van der Waals surface area contributed by atoms with Crippen LogP contribution in [0.1, 0.15) is 38.7 Å². The Bertz CT molecular complexity index is 620. The van der Waals surface area contributed by atoms with Crippen molar-refractivity contribution in [2.24, 2.45) is 5.41 Å². The largest absolute Gasteiger partial charge is 0.382 e. The molecule has 0 spiro atoms. The van der Waals surface area contributed by atoms with Crippen molar-refractivity contribution in [1.82, 2.24) is 10.2 Å². The van der Waals surface area contributed by atoms with E-state index < -0.39 is 0 Å². The molecule has 0 bridgehead atoms. The van der Waals surface area contributed by atoms with Gasteiger partial charge in [0.2, 0.25) is 0 Å². The number of aromatic amines is 1. The monoisotopic (exact) mass is 241 g/mol. The van der Waals surface area contributed by atoms with E-state index in [1.807, 2.05) is 0 Å². The maximum Gasteiger partial charge on any atom is 0.153 e. The van der Waals surface area contributed by atoms with Gasteiger partial charge in [-0.15, -0.1) is 0 Å². The van der Waals surface area contributed by atoms with Crippen molar-refractivity contribution in [3.63, 3.8) is 0 Å². The number of nitrogens with two attached hydrogens (primary N) is 1. The van der Waals surface area contributed by atoms with Crippen LogP contribution in [0.2, 0.25) is 0 Å². The summed E-state index contributed by atoms with van der Waals surface area (Å²) in [5.74, 6) is 0.587. The number of anilines is 1. The Labute approximate surface area is 107 Å². The highest BCUT2D eigenvalue weighted by Gasteiger charge is 2.22. The molecule has 0 unspecified atom stereocenters. The first-order chi connectivity index (χ1) is 8.55. The summed E-state index contributed by atoms with van der Waals surface area (Å²) in [5, 5.41) is 8.00. The second kappa shape index (κ2) is 3.87. The van der Waals surface area contributed by atoms with Crippen LogP contribution >= 0.6 is 0 Å². The SMILES string of the molecule is CC1(C)CC=C(c2ccc3[nH]nc(N)c3c2)CC1. The number of allylic oxidation sites excluding steroid dienone is 2. The summed E-state index contributed by atoms with van der Waals surface area (Å²) in [6, 6.07) is 6.37. The van der Waals surface area contributed by atoms with E-state index in [0.29, 0.717) is 11.2 Å². The lowest BCUT2D eigenvalue weighted by Crippen LogP contribution is -2.13. The molecule has 3 N–H and O–H groups in total. The van der Waals surface area contributed by atoms with E-state index >= 15 is 0 Å². The number of rotatable bonds is 1. The van der Waals surface area contributed by atoms with Crippen molar-refractivity contribution >= 4 is 22.3 Å². The van der Waals surface area contributed by atoms with Crippen LogP contribution in [0.15, 0.2) is 24.3 Å². The molecule has 3 heteroatoms. The third-order valence-corrected chi connectivity index (χ3v) is 3.94. The fraction of sp³-hybridized carbons (Fsp3) is 0.400. The van der Waals surface area contributed by atoms with Gasteiger partial charge in [0.15, 0.2) is 5.82 Å². The van der Waals surface area contributed by atoms with Gasteiger partial charge in [-0.05, 0) is 47.9 Å². The first kappa shape index (κ1) is 11.3. The van der Waals surface area contributed by atoms with Crippen LogP contribution in [0.5, 0.6) is 0 Å². The molecule has 1 aliphatic rings. The molecule has 3 rings (SSSR count). The highest BCUT2D eigenvalue weighted by atomic mass is 15.1. The molecule has 3 nitrogen and oxygen atoms in total. The average Bonchev–Trinajstić information content (AvgIpc) is 2.71. The van der Waals surface area contributed by atoms with E-state index in [1.165, 1.54) is 17.6 Å². The quantitative estimate of drug-likeness (QED) is 0.799. The molecule has 0 amide bonds. The molecular weight excluding hydrogens is 222 g/mol. The summed E-state index contributed by atoms with van der Waals surface area (Å²) in [6.07, 6.45) is 5.93. The lowest BCUT2D eigenvalue weighted by Gasteiger charge is -2.28. The second-order valence-corrected chi connectivity index (χ2v) is 5.97. The minimum absolute atomic E-state index is 0.447. The number of aromatic nitrogens is 2. The van der Waals surface area contributed by atoms with Gasteiger partial charge in [-0.2, -0.15) is 5.10 Å². The van der Waals surface area contributed by atoms with Crippen LogP contribution in [0.4, 0.5) is 5.82 Å². The second-order valence-electron chi connectivity index (χ2n) is 5.97. The number of hydrogen-bond acceptors (Lipinski definition) is 2. The molecule has 1 aromatic carbocycles. The fourth-order valence-electron chi connectivity index (χ4n) is 2.57. The van der Waals surface area contributed by atoms with E-state index in [4.69, 9.17) is 5.73 Å². The van der Waals surface area contributed by atoms with Gasteiger partial charge >= 0.3 is 0 Å². The summed E-state index contributed by atoms with van der Waals surface area (Å²) in [5.41, 5.74) is 10.0. The predicted molar refractivity (Wildman–Crippen MR) is 76.1 cm³/mol. The summed E-state index contributed by atoms with van der Waals surface area (Å²) >= 11 is 0. The predicted octanol–water partition coefficient (Wildman–Crippen LogP) is 3.74. The van der Waals surface area contributed by atoms with Crippen LogP contribution in [-0.4, -0.2) is 10.2 Å². The molecule has 94 valence electrons. The number of fused-ring (bicyclic) bond motifs is 1. The topological polar surface area (TPSA) is 54.7 Å². The molecule has 0 saturated heterocycles. The molecule has 1 aliphatic carbocycles. The van der Waals surface area contributed by atoms with Crippen LogP contribution in [0.3, 0.4) is 0 Å². The molecule has 1 heterocycles. The Balaban J connectivity index is 2.00. The van der Waals surface area contributed by atoms with Crippen molar-refractivity contribution in [3.8, 4) is 0 Å². The van der Waals surface area contributed by atoms with E-state index in [1.54, 1.807) is 0 Å². The summed E-state index contributed by atoms with van der Waals surface area (Å²) in [7, 11) is 0. The third-order valence-electron chi connectivity index (χ3n) is 3.94. The zero-order valence-corrected chi connectivity index (χ0v) is 11.0. The zero-order valence-electron chi connectivity index (χ0n) is 11.0. The Morgan fingerprint density at radius 3 is 2.89 bits per heavy atom. The van der Waals surface area contributed by atoms with Crippen LogP contribution in [0, 0.1) is 5.41 Å². The minimum Gasteiger partial charge on any atom is -0.382 e. The lowest BCUT2D eigenvalue weighted by atomic mass is 9.77. The van der Waals surface area contributed by atoms with Gasteiger partial charge in [-0.3, -0.25) is 5.10 Å². The normalized spacial score (nSPS) is 18.9. The summed E-state index contributed by atoms with van der Waals surface area (Å²) in [6.45, 7) is 4.66. The summed E-state index contributed by atoms with van der Waals surface area (Å²) in [4.78, 5) is 0. The zero-order chi connectivity index (χ0) is 12.8. The summed E-state index contributed by atoms with van der Waals surface area (Å²) < 4.78 is 0. The number of nitrogen functional groups attached to an aromatic ring is 1. The standard InChI is InChI=1S/C15H19N3/c1-15(2)7-5-10(6-8-15)11-3-4-13-12(9-11)14(16)18-17-13/h3-5,9H,6-8H2,1-2H3,(H3,16,17,18). The van der Waals surface area contributed by atoms with Crippen LogP contribution in [-0.2, 0) is 0 Å². The molecule has 0 aliphatic heterocycles. The van der Waals surface area contributed by atoms with Crippen molar-refractivity contribution in [1.29, 1.82) is 0 Å². The van der Waals surface area contributed by atoms with Crippen molar-refractivity contribution < 1.29 is 0 Å². The Kier molecular flexibility index (Phi) is 2.44. The molecule has 0 radical (unpaired) electrons. The molecule has 2 aromatic rings. The van der Waals surface area contributed by atoms with E-state index in [2.05, 4.69) is 48.3 Å². The first-order valence-electron chi connectivity index (χ1n) is 6.48. The van der Waals surface area contributed by atoms with Crippen molar-refractivity contribution in [3.05, 3.63) is 29.8 Å². The number of benzene rings is 1. The van der Waals surface area contributed by atoms with Gasteiger partial charge in [0, 0.05) is 5.39 Å². The van der Waals surface area contributed by atoms with Crippen LogP contribution < -0.4 is 5.73 Å². The van der Waals surface area contributed by atoms with Gasteiger partial charge in [-0.1, -0.05) is 26.0 Å². The van der Waals surface area contributed by atoms with E-state index in [-0.39, 0.29) is 0 Å². The molecule has 0 saturated carbocycles. The average molecular weight is 241 g/mol. The number of hydrogen-bond donors (Lipinski definition) is 2. The van der Waals surface area contributed by atoms with Gasteiger partial charge in [0.05, 0.1) is 5.52 Å². The smallest absolute Gasteiger partial charge is 0.153 e. The van der Waals surface area contributed by atoms with Gasteiger partial charge in [-0.25, -0.2) is 0 Å². The number of nitrogens with one attached hydrogen (secondary N) is 1. The van der Waals surface area contributed by atoms with Gasteiger partial charge in [0.25, 0.3) is 0 Å². The van der Waals surface area contributed by atoms with Crippen molar-refractivity contribution in [2.75, 3.05) is 5.73 Å². The highest BCUT2D eigenvalue weighted by Crippen LogP contribution is 2.38. The van der Waals surface area contributed by atoms with E-state index in [0.717, 1.165) is 23.7 Å². The maximum atomic E-state index is 5.86. The van der Waals surface area contributed by atoms with Crippen molar-refractivity contribution in [2.45, 2.75) is 33.1 Å². The molecule has 0 fully saturated rings. The molecule has 18 heavy (non-hydrogen) atoms. The van der Waals surface area contributed by atoms with Gasteiger partial charge in [0.1, 0.15) is 0 Å². The van der Waals surface area contributed by atoms with Gasteiger partial charge < -0.3 is 5.73 Å². The lowest BCUT2D eigenvalue weighted by molar-refractivity contribution is 0.335.